The Kier molecular flexibility index (Phi) is 3.54. The number of carbonyl (C=O) groups is 1. The van der Waals surface area contributed by atoms with Crippen LogP contribution in [0.15, 0.2) is 12.1 Å². The summed E-state index contributed by atoms with van der Waals surface area (Å²) in [6.07, 6.45) is 1.18. The predicted molar refractivity (Wildman–Crippen MR) is 65.5 cm³/mol. The summed E-state index contributed by atoms with van der Waals surface area (Å²) in [5.74, 6) is -0.194. The second kappa shape index (κ2) is 4.94. The Hall–Kier alpha value is -1.26. The molecule has 1 aliphatic rings. The number of aryl methyl sites for hydroxylation is 1. The minimum Gasteiger partial charge on any atom is -0.505 e. The van der Waals surface area contributed by atoms with Gasteiger partial charge in [-0.3, -0.25) is 4.79 Å². The van der Waals surface area contributed by atoms with Gasteiger partial charge in [0.25, 0.3) is 5.91 Å². The number of anilines is 1. The summed E-state index contributed by atoms with van der Waals surface area (Å²) in [5.41, 5.74) is 0.954. The van der Waals surface area contributed by atoms with Crippen molar-refractivity contribution in [1.82, 2.24) is 0 Å². The molecule has 17 heavy (non-hydrogen) atoms. The maximum atomic E-state index is 11.8. The fourth-order valence-electron chi connectivity index (χ4n) is 1.83. The maximum Gasteiger partial charge on any atom is 0.253 e. The second-order valence-electron chi connectivity index (χ2n) is 4.11. The van der Waals surface area contributed by atoms with Crippen LogP contribution in [0.25, 0.3) is 0 Å². The zero-order valence-corrected chi connectivity index (χ0v) is 10.3. The summed E-state index contributed by atoms with van der Waals surface area (Å²) in [5, 5.41) is 12.9. The van der Waals surface area contributed by atoms with E-state index in [1.165, 1.54) is 6.07 Å². The zero-order chi connectivity index (χ0) is 12.4. The Labute approximate surface area is 105 Å². The van der Waals surface area contributed by atoms with Crippen molar-refractivity contribution in [2.75, 3.05) is 11.9 Å². The van der Waals surface area contributed by atoms with Crippen LogP contribution in [0.1, 0.15) is 18.4 Å². The van der Waals surface area contributed by atoms with Gasteiger partial charge in [-0.15, -0.1) is 0 Å². The molecular weight excluding hydrogens is 242 g/mol. The summed E-state index contributed by atoms with van der Waals surface area (Å²) >= 11 is 5.87. The maximum absolute atomic E-state index is 11.8. The van der Waals surface area contributed by atoms with Gasteiger partial charge in [-0.05, 0) is 37.5 Å². The minimum atomic E-state index is -0.423. The lowest BCUT2D eigenvalue weighted by Gasteiger charge is -2.13. The van der Waals surface area contributed by atoms with Crippen molar-refractivity contribution in [3.63, 3.8) is 0 Å². The Morgan fingerprint density at radius 2 is 2.35 bits per heavy atom. The molecule has 1 fully saturated rings. The molecule has 0 aromatic heterocycles. The topological polar surface area (TPSA) is 58.6 Å². The van der Waals surface area contributed by atoms with Crippen LogP contribution in [0.2, 0.25) is 5.02 Å². The van der Waals surface area contributed by atoms with E-state index >= 15 is 0 Å². The first-order chi connectivity index (χ1) is 8.08. The largest absolute Gasteiger partial charge is 0.505 e. The first kappa shape index (κ1) is 12.2. The van der Waals surface area contributed by atoms with E-state index < -0.39 is 6.10 Å². The van der Waals surface area contributed by atoms with Gasteiger partial charge in [0, 0.05) is 11.6 Å². The molecule has 0 aliphatic carbocycles. The number of hydrogen-bond acceptors (Lipinski definition) is 3. The lowest BCUT2D eigenvalue weighted by molar-refractivity contribution is -0.124. The van der Waals surface area contributed by atoms with Gasteiger partial charge in [-0.25, -0.2) is 0 Å². The molecule has 0 saturated carbocycles. The molecule has 1 aromatic rings. The van der Waals surface area contributed by atoms with Gasteiger partial charge in [0.05, 0.1) is 5.69 Å². The molecule has 2 rings (SSSR count). The van der Waals surface area contributed by atoms with E-state index in [0.717, 1.165) is 6.42 Å². The number of nitrogens with one attached hydrogen (secondary N) is 1. The van der Waals surface area contributed by atoms with Crippen molar-refractivity contribution < 1.29 is 14.6 Å². The predicted octanol–water partition coefficient (Wildman–Crippen LogP) is 2.47. The number of amides is 1. The molecule has 1 unspecified atom stereocenters. The Balaban J connectivity index is 2.15. The third kappa shape index (κ3) is 2.70. The van der Waals surface area contributed by atoms with E-state index in [1.54, 1.807) is 13.0 Å². The average Bonchev–Trinajstić information content (AvgIpc) is 2.78. The SMILES string of the molecule is Cc1cc(Cl)cc(NC(=O)C2CCCO2)c1O. The van der Waals surface area contributed by atoms with Gasteiger partial charge in [0.15, 0.2) is 0 Å². The molecule has 2 N–H and O–H groups in total. The summed E-state index contributed by atoms with van der Waals surface area (Å²) in [4.78, 5) is 11.8. The van der Waals surface area contributed by atoms with Gasteiger partial charge < -0.3 is 15.2 Å². The van der Waals surface area contributed by atoms with Crippen molar-refractivity contribution >= 4 is 23.2 Å². The van der Waals surface area contributed by atoms with Crippen molar-refractivity contribution in [3.8, 4) is 5.75 Å². The van der Waals surface area contributed by atoms with E-state index in [0.29, 0.717) is 29.3 Å². The van der Waals surface area contributed by atoms with Crippen molar-refractivity contribution in [1.29, 1.82) is 0 Å². The number of ether oxygens (including phenoxy) is 1. The molecule has 92 valence electrons. The van der Waals surface area contributed by atoms with Crippen molar-refractivity contribution in [2.24, 2.45) is 0 Å². The smallest absolute Gasteiger partial charge is 0.253 e. The second-order valence-corrected chi connectivity index (χ2v) is 4.55. The van der Waals surface area contributed by atoms with Crippen molar-refractivity contribution in [2.45, 2.75) is 25.9 Å². The fourth-order valence-corrected chi connectivity index (χ4v) is 2.10. The van der Waals surface area contributed by atoms with Crippen LogP contribution in [0.5, 0.6) is 5.75 Å². The summed E-state index contributed by atoms with van der Waals surface area (Å²) in [6.45, 7) is 2.33. The van der Waals surface area contributed by atoms with E-state index in [4.69, 9.17) is 16.3 Å². The highest BCUT2D eigenvalue weighted by atomic mass is 35.5. The molecule has 1 saturated heterocycles. The fraction of sp³-hybridized carbons (Fsp3) is 0.417. The number of phenols is 1. The first-order valence-corrected chi connectivity index (χ1v) is 5.87. The Morgan fingerprint density at radius 3 is 3.00 bits per heavy atom. The quantitative estimate of drug-likeness (QED) is 0.798. The van der Waals surface area contributed by atoms with Crippen LogP contribution in [0.4, 0.5) is 5.69 Å². The number of hydrogen-bond donors (Lipinski definition) is 2. The first-order valence-electron chi connectivity index (χ1n) is 5.49. The van der Waals surface area contributed by atoms with Gasteiger partial charge in [-0.1, -0.05) is 11.6 Å². The van der Waals surface area contributed by atoms with Gasteiger partial charge in [0.1, 0.15) is 11.9 Å². The molecular formula is C12H14ClNO3. The van der Waals surface area contributed by atoms with E-state index in [2.05, 4.69) is 5.32 Å². The van der Waals surface area contributed by atoms with Crippen LogP contribution in [-0.4, -0.2) is 23.7 Å². The molecule has 0 bridgehead atoms. The van der Waals surface area contributed by atoms with E-state index in [9.17, 15) is 9.90 Å². The van der Waals surface area contributed by atoms with Gasteiger partial charge >= 0.3 is 0 Å². The summed E-state index contributed by atoms with van der Waals surface area (Å²) in [7, 11) is 0. The minimum absolute atomic E-state index is 0.0424. The highest BCUT2D eigenvalue weighted by molar-refractivity contribution is 6.31. The van der Waals surface area contributed by atoms with Crippen LogP contribution >= 0.6 is 11.6 Å². The monoisotopic (exact) mass is 255 g/mol. The molecule has 1 aromatic carbocycles. The number of aromatic hydroxyl groups is 1. The molecule has 1 atom stereocenters. The van der Waals surface area contributed by atoms with Gasteiger partial charge in [0.2, 0.25) is 0 Å². The highest BCUT2D eigenvalue weighted by Gasteiger charge is 2.24. The highest BCUT2D eigenvalue weighted by Crippen LogP contribution is 2.31. The summed E-state index contributed by atoms with van der Waals surface area (Å²) in [6, 6.07) is 3.16. The molecule has 4 nitrogen and oxygen atoms in total. The number of rotatable bonds is 2. The number of carbonyl (C=O) groups excluding carboxylic acids is 1. The molecule has 5 heteroatoms. The van der Waals surface area contributed by atoms with Crippen LogP contribution in [0, 0.1) is 6.92 Å². The molecule has 1 amide bonds. The van der Waals surface area contributed by atoms with E-state index in [1.807, 2.05) is 0 Å². The number of benzene rings is 1. The van der Waals surface area contributed by atoms with E-state index in [-0.39, 0.29) is 11.7 Å². The number of phenolic OH excluding ortho intramolecular Hbond substituents is 1. The Morgan fingerprint density at radius 1 is 1.59 bits per heavy atom. The third-order valence-electron chi connectivity index (χ3n) is 2.75. The molecule has 1 heterocycles. The average molecular weight is 256 g/mol. The Bertz CT molecular complexity index is 442. The lowest BCUT2D eigenvalue weighted by Crippen LogP contribution is -2.26. The molecule has 0 radical (unpaired) electrons. The van der Waals surface area contributed by atoms with Gasteiger partial charge in [-0.2, -0.15) is 0 Å². The molecule has 0 spiro atoms. The van der Waals surface area contributed by atoms with Crippen LogP contribution < -0.4 is 5.32 Å². The number of halogens is 1. The normalized spacial score (nSPS) is 19.3. The standard InChI is InChI=1S/C12H14ClNO3/c1-7-5-8(13)6-9(11(7)15)14-12(16)10-3-2-4-17-10/h5-6,10,15H,2-4H2,1H3,(H,14,16). The van der Waals surface area contributed by atoms with Crippen LogP contribution in [0.3, 0.4) is 0 Å². The van der Waals surface area contributed by atoms with Crippen molar-refractivity contribution in [3.05, 3.63) is 22.7 Å². The lowest BCUT2D eigenvalue weighted by atomic mass is 10.1. The summed E-state index contributed by atoms with van der Waals surface area (Å²) < 4.78 is 5.26. The molecule has 1 aliphatic heterocycles. The third-order valence-corrected chi connectivity index (χ3v) is 2.96. The zero-order valence-electron chi connectivity index (χ0n) is 9.50. The van der Waals surface area contributed by atoms with Crippen LogP contribution in [-0.2, 0) is 9.53 Å².